The second-order valence-corrected chi connectivity index (χ2v) is 7.33. The lowest BCUT2D eigenvalue weighted by molar-refractivity contribution is 0.620. The van der Waals surface area contributed by atoms with Gasteiger partial charge in [-0.2, -0.15) is 0 Å². The molecule has 1 nitrogen and oxygen atoms in total. The second kappa shape index (κ2) is 10.2. The van der Waals surface area contributed by atoms with Crippen molar-refractivity contribution in [1.82, 2.24) is 0 Å². The summed E-state index contributed by atoms with van der Waals surface area (Å²) < 4.78 is 12.1. The third kappa shape index (κ3) is 7.51. The molecular weight excluding hydrogens is 252 g/mol. The molecular formula is C17H28OS. The molecule has 1 aromatic rings. The molecule has 0 aromatic heterocycles. The van der Waals surface area contributed by atoms with Crippen LogP contribution in [0, 0.1) is 0 Å². The normalized spacial score (nSPS) is 14.2. The van der Waals surface area contributed by atoms with Gasteiger partial charge in [0, 0.05) is 21.8 Å². The van der Waals surface area contributed by atoms with Gasteiger partial charge in [0.2, 0.25) is 0 Å². The van der Waals surface area contributed by atoms with E-state index in [0.717, 1.165) is 18.6 Å². The highest BCUT2D eigenvalue weighted by Crippen LogP contribution is 2.11. The van der Waals surface area contributed by atoms with Crippen LogP contribution in [0.5, 0.6) is 0 Å². The Balaban J connectivity index is 2.15. The maximum absolute atomic E-state index is 12.1. The number of hydrogen-bond donors (Lipinski definition) is 0. The molecule has 0 bridgehead atoms. The van der Waals surface area contributed by atoms with Crippen molar-refractivity contribution in [2.75, 3.05) is 5.75 Å². The lowest BCUT2D eigenvalue weighted by Gasteiger charge is -2.11. The summed E-state index contributed by atoms with van der Waals surface area (Å²) >= 11 is 0. The Morgan fingerprint density at radius 1 is 1.00 bits per heavy atom. The van der Waals surface area contributed by atoms with Gasteiger partial charge in [-0.05, 0) is 18.4 Å². The second-order valence-electron chi connectivity index (χ2n) is 5.35. The van der Waals surface area contributed by atoms with Gasteiger partial charge in [-0.1, -0.05) is 76.3 Å². The minimum Gasteiger partial charge on any atom is -0.259 e. The van der Waals surface area contributed by atoms with E-state index < -0.39 is 10.8 Å². The van der Waals surface area contributed by atoms with E-state index >= 15 is 0 Å². The van der Waals surface area contributed by atoms with Crippen LogP contribution in [-0.4, -0.2) is 15.2 Å². The molecule has 108 valence electrons. The molecule has 0 N–H and O–H groups in total. The Kier molecular flexibility index (Phi) is 8.81. The zero-order valence-electron chi connectivity index (χ0n) is 12.4. The molecule has 0 radical (unpaired) electrons. The van der Waals surface area contributed by atoms with Crippen LogP contribution in [-0.2, 0) is 17.2 Å². The maximum Gasteiger partial charge on any atom is 0.0360 e. The molecule has 0 heterocycles. The average Bonchev–Trinajstić information content (AvgIpc) is 2.43. The van der Waals surface area contributed by atoms with E-state index in [1.807, 2.05) is 6.07 Å². The summed E-state index contributed by atoms with van der Waals surface area (Å²) in [5.74, 6) is 0.875. The molecule has 0 aliphatic heterocycles. The topological polar surface area (TPSA) is 17.1 Å². The van der Waals surface area contributed by atoms with E-state index in [4.69, 9.17) is 0 Å². The van der Waals surface area contributed by atoms with Gasteiger partial charge in [0.25, 0.3) is 0 Å². The Bertz CT molecular complexity index is 348. The molecule has 2 atom stereocenters. The highest BCUT2D eigenvalue weighted by molar-refractivity contribution is 7.85. The average molecular weight is 280 g/mol. The fraction of sp³-hybridized carbons (Fsp3) is 0.647. The van der Waals surface area contributed by atoms with Crippen LogP contribution in [0.2, 0.25) is 0 Å². The highest BCUT2D eigenvalue weighted by Gasteiger charge is 2.11. The molecule has 0 aliphatic carbocycles. The van der Waals surface area contributed by atoms with E-state index in [1.54, 1.807) is 0 Å². The smallest absolute Gasteiger partial charge is 0.0360 e. The van der Waals surface area contributed by atoms with Crippen LogP contribution >= 0.6 is 0 Å². The molecule has 0 fully saturated rings. The molecule has 0 saturated heterocycles. The highest BCUT2D eigenvalue weighted by atomic mass is 32.2. The maximum atomic E-state index is 12.1. The first kappa shape index (κ1) is 16.4. The monoisotopic (exact) mass is 280 g/mol. The number of hydrogen-bond acceptors (Lipinski definition) is 1. The van der Waals surface area contributed by atoms with Gasteiger partial charge in [-0.25, -0.2) is 0 Å². The number of unbranched alkanes of at least 4 members (excludes halogenated alkanes) is 5. The molecule has 0 saturated carbocycles. The molecule has 0 amide bonds. The zero-order chi connectivity index (χ0) is 13.9. The van der Waals surface area contributed by atoms with Crippen molar-refractivity contribution in [2.45, 2.75) is 64.0 Å². The van der Waals surface area contributed by atoms with E-state index in [-0.39, 0.29) is 5.25 Å². The van der Waals surface area contributed by atoms with Gasteiger partial charge in [0.15, 0.2) is 0 Å². The first-order valence-electron chi connectivity index (χ1n) is 7.65. The van der Waals surface area contributed by atoms with E-state index in [1.165, 1.54) is 37.7 Å². The van der Waals surface area contributed by atoms with Crippen molar-refractivity contribution in [1.29, 1.82) is 0 Å². The Morgan fingerprint density at radius 2 is 1.63 bits per heavy atom. The summed E-state index contributed by atoms with van der Waals surface area (Å²) in [6.07, 6.45) is 8.57. The predicted molar refractivity (Wildman–Crippen MR) is 86.0 cm³/mol. The van der Waals surface area contributed by atoms with Crippen LogP contribution in [0.15, 0.2) is 30.3 Å². The largest absolute Gasteiger partial charge is 0.259 e. The van der Waals surface area contributed by atoms with Crippen molar-refractivity contribution in [3.05, 3.63) is 35.9 Å². The summed E-state index contributed by atoms with van der Waals surface area (Å²) in [4.78, 5) is 0. The summed E-state index contributed by atoms with van der Waals surface area (Å²) in [5.41, 5.74) is 1.30. The first-order valence-corrected chi connectivity index (χ1v) is 9.03. The van der Waals surface area contributed by atoms with Gasteiger partial charge in [-0.3, -0.25) is 4.21 Å². The van der Waals surface area contributed by atoms with Crippen molar-refractivity contribution < 1.29 is 4.21 Å². The third-order valence-corrected chi connectivity index (χ3v) is 5.27. The minimum atomic E-state index is -0.672. The number of benzene rings is 1. The van der Waals surface area contributed by atoms with E-state index in [2.05, 4.69) is 38.1 Å². The van der Waals surface area contributed by atoms with Crippen molar-refractivity contribution >= 4 is 10.8 Å². The van der Waals surface area contributed by atoms with Crippen molar-refractivity contribution in [2.24, 2.45) is 0 Å². The summed E-state index contributed by atoms with van der Waals surface area (Å²) in [6, 6.07) is 10.4. The molecule has 0 aliphatic rings. The van der Waals surface area contributed by atoms with Crippen molar-refractivity contribution in [3.63, 3.8) is 0 Å². The summed E-state index contributed by atoms with van der Waals surface area (Å²) in [5, 5.41) is 0.276. The van der Waals surface area contributed by atoms with Gasteiger partial charge in [0.05, 0.1) is 0 Å². The fourth-order valence-corrected chi connectivity index (χ4v) is 3.53. The third-order valence-electron chi connectivity index (χ3n) is 3.51. The van der Waals surface area contributed by atoms with Gasteiger partial charge in [-0.15, -0.1) is 0 Å². The molecule has 1 rings (SSSR count). The van der Waals surface area contributed by atoms with Crippen LogP contribution < -0.4 is 0 Å². The molecule has 2 unspecified atom stereocenters. The van der Waals surface area contributed by atoms with Crippen LogP contribution in [0.4, 0.5) is 0 Å². The van der Waals surface area contributed by atoms with E-state index in [0.29, 0.717) is 0 Å². The standard InChI is InChI=1S/C17H28OS/c1-3-4-5-6-7-11-14-19(18)16(2)15-17-12-9-8-10-13-17/h8-10,12-13,16H,3-7,11,14-15H2,1-2H3. The minimum absolute atomic E-state index is 0.276. The Labute approximate surface area is 121 Å². The Morgan fingerprint density at radius 3 is 2.32 bits per heavy atom. The SMILES string of the molecule is CCCCCCCCS(=O)C(C)Cc1ccccc1. The Hall–Kier alpha value is -0.630. The fourth-order valence-electron chi connectivity index (χ4n) is 2.26. The van der Waals surface area contributed by atoms with Crippen LogP contribution in [0.1, 0.15) is 57.9 Å². The summed E-state index contributed by atoms with van der Waals surface area (Å²) in [7, 11) is -0.672. The quantitative estimate of drug-likeness (QED) is 0.566. The molecule has 2 heteroatoms. The predicted octanol–water partition coefficient (Wildman–Crippen LogP) is 4.73. The summed E-state index contributed by atoms with van der Waals surface area (Å²) in [6.45, 7) is 4.35. The van der Waals surface area contributed by atoms with Crippen molar-refractivity contribution in [3.8, 4) is 0 Å². The van der Waals surface area contributed by atoms with Gasteiger partial charge >= 0.3 is 0 Å². The lowest BCUT2D eigenvalue weighted by Crippen LogP contribution is -2.16. The van der Waals surface area contributed by atoms with Crippen LogP contribution in [0.3, 0.4) is 0 Å². The van der Waals surface area contributed by atoms with E-state index in [9.17, 15) is 4.21 Å². The van der Waals surface area contributed by atoms with Gasteiger partial charge in [0.1, 0.15) is 0 Å². The number of rotatable bonds is 10. The zero-order valence-corrected chi connectivity index (χ0v) is 13.3. The molecule has 1 aromatic carbocycles. The molecule has 19 heavy (non-hydrogen) atoms. The lowest BCUT2D eigenvalue weighted by atomic mass is 10.1. The molecule has 0 spiro atoms. The van der Waals surface area contributed by atoms with Crippen LogP contribution in [0.25, 0.3) is 0 Å². The first-order chi connectivity index (χ1) is 9.24. The van der Waals surface area contributed by atoms with Gasteiger partial charge < -0.3 is 0 Å².